The monoisotopic (exact) mass is 262 g/mol. The number of thioether (sulfide) groups is 1. The van der Waals surface area contributed by atoms with E-state index in [2.05, 4.69) is 34.6 Å². The number of benzene rings is 1. The minimum Gasteiger partial charge on any atom is -0.323 e. The second-order valence-corrected chi connectivity index (χ2v) is 6.68. The van der Waals surface area contributed by atoms with E-state index in [0.717, 1.165) is 16.5 Å². The summed E-state index contributed by atoms with van der Waals surface area (Å²) in [7, 11) is 0. The number of thiazole rings is 1. The van der Waals surface area contributed by atoms with Gasteiger partial charge in [-0.25, -0.2) is 4.98 Å². The molecule has 2 N–H and O–H groups in total. The minimum atomic E-state index is 0.139. The Morgan fingerprint density at radius 1 is 1.41 bits per heavy atom. The number of hydrogen-bond acceptors (Lipinski definition) is 4. The first-order valence-electron chi connectivity index (χ1n) is 5.66. The molecule has 0 fully saturated rings. The smallest absolute Gasteiger partial charge is 0.150 e. The van der Waals surface area contributed by atoms with Gasteiger partial charge in [-0.1, -0.05) is 36.0 Å². The number of aryl methyl sites for hydroxylation is 1. The van der Waals surface area contributed by atoms with Crippen molar-refractivity contribution in [3.63, 3.8) is 0 Å². The molecule has 1 aliphatic rings. The molecule has 88 valence electrons. The summed E-state index contributed by atoms with van der Waals surface area (Å²) in [5.74, 6) is 0. The van der Waals surface area contributed by atoms with Gasteiger partial charge in [0.1, 0.15) is 4.34 Å². The first kappa shape index (κ1) is 11.3. The van der Waals surface area contributed by atoms with E-state index in [-0.39, 0.29) is 6.04 Å². The molecule has 2 atom stereocenters. The molecule has 0 saturated carbocycles. The SMILES string of the molecule is Cc1csc(SC2Cc3ccccc3C2N)n1. The van der Waals surface area contributed by atoms with Gasteiger partial charge in [-0.15, -0.1) is 11.3 Å². The van der Waals surface area contributed by atoms with Crippen molar-refractivity contribution in [3.8, 4) is 0 Å². The quantitative estimate of drug-likeness (QED) is 0.903. The van der Waals surface area contributed by atoms with Crippen LogP contribution in [0.25, 0.3) is 0 Å². The number of nitrogens with zero attached hydrogens (tertiary/aromatic N) is 1. The molecular formula is C13H14N2S2. The first-order chi connectivity index (χ1) is 8.24. The van der Waals surface area contributed by atoms with Crippen LogP contribution in [0.15, 0.2) is 34.0 Å². The molecule has 1 aromatic carbocycles. The predicted octanol–water partition coefficient (Wildman–Crippen LogP) is 3.17. The topological polar surface area (TPSA) is 38.9 Å². The van der Waals surface area contributed by atoms with Crippen molar-refractivity contribution in [1.29, 1.82) is 0 Å². The highest BCUT2D eigenvalue weighted by molar-refractivity contribution is 8.01. The van der Waals surface area contributed by atoms with Gasteiger partial charge in [0.25, 0.3) is 0 Å². The van der Waals surface area contributed by atoms with Crippen LogP contribution in [0, 0.1) is 6.92 Å². The normalized spacial score (nSPS) is 22.7. The molecule has 1 heterocycles. The van der Waals surface area contributed by atoms with Crippen LogP contribution in [-0.2, 0) is 6.42 Å². The van der Waals surface area contributed by atoms with Crippen molar-refractivity contribution in [2.45, 2.75) is 29.0 Å². The molecule has 2 unspecified atom stereocenters. The molecule has 17 heavy (non-hydrogen) atoms. The summed E-state index contributed by atoms with van der Waals surface area (Å²) >= 11 is 3.53. The molecule has 0 bridgehead atoms. The van der Waals surface area contributed by atoms with Gasteiger partial charge < -0.3 is 5.73 Å². The highest BCUT2D eigenvalue weighted by Gasteiger charge is 2.30. The summed E-state index contributed by atoms with van der Waals surface area (Å²) in [4.78, 5) is 4.50. The van der Waals surface area contributed by atoms with E-state index < -0.39 is 0 Å². The fourth-order valence-corrected chi connectivity index (χ4v) is 4.49. The minimum absolute atomic E-state index is 0.139. The Kier molecular flexibility index (Phi) is 2.94. The third-order valence-electron chi connectivity index (χ3n) is 3.09. The third kappa shape index (κ3) is 2.12. The molecule has 1 aromatic heterocycles. The predicted molar refractivity (Wildman–Crippen MR) is 73.6 cm³/mol. The van der Waals surface area contributed by atoms with Crippen molar-refractivity contribution in [2.75, 3.05) is 0 Å². The van der Waals surface area contributed by atoms with Crippen molar-refractivity contribution < 1.29 is 0 Å². The molecule has 4 heteroatoms. The van der Waals surface area contributed by atoms with Crippen LogP contribution in [0.1, 0.15) is 22.9 Å². The molecule has 2 nitrogen and oxygen atoms in total. The Morgan fingerprint density at radius 3 is 2.94 bits per heavy atom. The largest absolute Gasteiger partial charge is 0.323 e. The molecular weight excluding hydrogens is 248 g/mol. The van der Waals surface area contributed by atoms with Gasteiger partial charge in [-0.2, -0.15) is 0 Å². The highest BCUT2D eigenvalue weighted by Crippen LogP contribution is 2.40. The van der Waals surface area contributed by atoms with Crippen LogP contribution in [0.3, 0.4) is 0 Å². The van der Waals surface area contributed by atoms with Crippen LogP contribution in [0.4, 0.5) is 0 Å². The summed E-state index contributed by atoms with van der Waals surface area (Å²) in [6, 6.07) is 8.63. The lowest BCUT2D eigenvalue weighted by Crippen LogP contribution is -2.18. The van der Waals surface area contributed by atoms with Crippen LogP contribution in [0.5, 0.6) is 0 Å². The Labute approximate surface area is 109 Å². The Morgan fingerprint density at radius 2 is 2.24 bits per heavy atom. The Hall–Kier alpha value is -0.840. The molecule has 0 aliphatic heterocycles. The summed E-state index contributed by atoms with van der Waals surface area (Å²) in [5.41, 5.74) is 10.1. The maximum atomic E-state index is 6.30. The molecule has 3 rings (SSSR count). The first-order valence-corrected chi connectivity index (χ1v) is 7.42. The maximum absolute atomic E-state index is 6.30. The zero-order chi connectivity index (χ0) is 11.8. The van der Waals surface area contributed by atoms with E-state index in [1.54, 1.807) is 11.3 Å². The lowest BCUT2D eigenvalue weighted by molar-refractivity contribution is 0.731. The van der Waals surface area contributed by atoms with Gasteiger partial charge in [0.05, 0.1) is 0 Å². The summed E-state index contributed by atoms with van der Waals surface area (Å²) in [6.45, 7) is 2.03. The van der Waals surface area contributed by atoms with E-state index in [1.807, 2.05) is 18.7 Å². The lowest BCUT2D eigenvalue weighted by Gasteiger charge is -2.13. The van der Waals surface area contributed by atoms with E-state index in [9.17, 15) is 0 Å². The molecule has 0 amide bonds. The average molecular weight is 262 g/mol. The Bertz CT molecular complexity index is 536. The van der Waals surface area contributed by atoms with E-state index in [0.29, 0.717) is 5.25 Å². The average Bonchev–Trinajstić information content (AvgIpc) is 2.86. The Balaban J connectivity index is 1.80. The van der Waals surface area contributed by atoms with Crippen LogP contribution in [-0.4, -0.2) is 10.2 Å². The standard InChI is InChI=1S/C13H14N2S2/c1-8-7-16-13(15-8)17-11-6-9-4-2-3-5-10(9)12(11)14/h2-5,7,11-12H,6,14H2,1H3. The van der Waals surface area contributed by atoms with Crippen LogP contribution >= 0.6 is 23.1 Å². The molecule has 0 spiro atoms. The second-order valence-electron chi connectivity index (χ2n) is 4.34. The van der Waals surface area contributed by atoms with Crippen molar-refractivity contribution >= 4 is 23.1 Å². The molecule has 1 aliphatic carbocycles. The summed E-state index contributed by atoms with van der Waals surface area (Å²) < 4.78 is 1.13. The van der Waals surface area contributed by atoms with E-state index in [4.69, 9.17) is 5.73 Å². The van der Waals surface area contributed by atoms with Crippen molar-refractivity contribution in [1.82, 2.24) is 4.98 Å². The number of nitrogens with two attached hydrogens (primary N) is 1. The third-order valence-corrected chi connectivity index (χ3v) is 5.47. The van der Waals surface area contributed by atoms with Gasteiger partial charge in [-0.3, -0.25) is 0 Å². The van der Waals surface area contributed by atoms with Crippen molar-refractivity contribution in [3.05, 3.63) is 46.5 Å². The highest BCUT2D eigenvalue weighted by atomic mass is 32.2. The van der Waals surface area contributed by atoms with Crippen LogP contribution in [0.2, 0.25) is 0 Å². The maximum Gasteiger partial charge on any atom is 0.150 e. The van der Waals surface area contributed by atoms with Gasteiger partial charge >= 0.3 is 0 Å². The van der Waals surface area contributed by atoms with E-state index in [1.165, 1.54) is 11.1 Å². The number of fused-ring (bicyclic) bond motifs is 1. The van der Waals surface area contributed by atoms with Gasteiger partial charge in [0.2, 0.25) is 0 Å². The molecule has 0 radical (unpaired) electrons. The fraction of sp³-hybridized carbons (Fsp3) is 0.308. The summed E-state index contributed by atoms with van der Waals surface area (Å²) in [6.07, 6.45) is 1.06. The zero-order valence-corrected chi connectivity index (χ0v) is 11.2. The number of hydrogen-bond donors (Lipinski definition) is 1. The summed E-state index contributed by atoms with van der Waals surface area (Å²) in [5, 5.41) is 2.52. The van der Waals surface area contributed by atoms with E-state index >= 15 is 0 Å². The molecule has 2 aromatic rings. The molecule has 0 saturated heterocycles. The number of aromatic nitrogens is 1. The van der Waals surface area contributed by atoms with Crippen molar-refractivity contribution in [2.24, 2.45) is 5.73 Å². The van der Waals surface area contributed by atoms with Gasteiger partial charge in [-0.05, 0) is 24.5 Å². The lowest BCUT2D eigenvalue weighted by atomic mass is 10.1. The second kappa shape index (κ2) is 4.44. The van der Waals surface area contributed by atoms with Gasteiger partial charge in [0.15, 0.2) is 0 Å². The number of rotatable bonds is 2. The fourth-order valence-electron chi connectivity index (χ4n) is 2.22. The zero-order valence-electron chi connectivity index (χ0n) is 9.59. The van der Waals surface area contributed by atoms with Crippen LogP contribution < -0.4 is 5.73 Å². The van der Waals surface area contributed by atoms with Gasteiger partial charge in [0, 0.05) is 22.4 Å².